The summed E-state index contributed by atoms with van der Waals surface area (Å²) in [5, 5.41) is 8.66. The van der Waals surface area contributed by atoms with Crippen LogP contribution in [-0.4, -0.2) is 11.7 Å². The summed E-state index contributed by atoms with van der Waals surface area (Å²) in [6.07, 6.45) is 7.78. The van der Waals surface area contributed by atoms with Gasteiger partial charge in [0.1, 0.15) is 0 Å². The van der Waals surface area contributed by atoms with Crippen LogP contribution in [0.15, 0.2) is 12.2 Å². The molecule has 0 bridgehead atoms. The third-order valence-corrected chi connectivity index (χ3v) is 1.97. The molecule has 72 valence electrons. The number of allylic oxidation sites excluding steroid dienone is 2. The molecule has 0 aromatic carbocycles. The normalized spacial score (nSPS) is 14.4. The maximum Gasteiger partial charge on any atom is 0.0433 e. The van der Waals surface area contributed by atoms with Crippen LogP contribution in [0.4, 0.5) is 0 Å². The molecule has 0 aromatic rings. The van der Waals surface area contributed by atoms with E-state index in [2.05, 4.69) is 32.9 Å². The largest absolute Gasteiger partial charge is 0.396 e. The molecule has 0 amide bonds. The van der Waals surface area contributed by atoms with Crippen molar-refractivity contribution in [1.82, 2.24) is 0 Å². The fourth-order valence-electron chi connectivity index (χ4n) is 1.11. The van der Waals surface area contributed by atoms with Crippen LogP contribution in [0, 0.1) is 11.8 Å². The van der Waals surface area contributed by atoms with Crippen molar-refractivity contribution in [2.24, 2.45) is 11.8 Å². The molecule has 1 atom stereocenters. The van der Waals surface area contributed by atoms with Gasteiger partial charge in [-0.2, -0.15) is 0 Å². The van der Waals surface area contributed by atoms with Crippen LogP contribution in [0.5, 0.6) is 0 Å². The van der Waals surface area contributed by atoms with Crippen LogP contribution >= 0.6 is 0 Å². The Hall–Kier alpha value is -0.300. The van der Waals surface area contributed by atoms with Gasteiger partial charge in [0.05, 0.1) is 0 Å². The fourth-order valence-corrected chi connectivity index (χ4v) is 1.11. The van der Waals surface area contributed by atoms with E-state index in [1.165, 1.54) is 6.42 Å². The smallest absolute Gasteiger partial charge is 0.0433 e. The highest BCUT2D eigenvalue weighted by atomic mass is 16.2. The van der Waals surface area contributed by atoms with Crippen molar-refractivity contribution in [2.75, 3.05) is 6.61 Å². The van der Waals surface area contributed by atoms with E-state index in [-0.39, 0.29) is 0 Å². The van der Waals surface area contributed by atoms with Crippen molar-refractivity contribution in [3.8, 4) is 0 Å². The van der Waals surface area contributed by atoms with E-state index in [1.54, 1.807) is 0 Å². The third-order valence-electron chi connectivity index (χ3n) is 1.97. The lowest BCUT2D eigenvalue weighted by molar-refractivity contribution is 0.259. The molecular weight excluding hydrogens is 148 g/mol. The van der Waals surface area contributed by atoms with Gasteiger partial charge in [0.25, 0.3) is 0 Å². The zero-order chi connectivity index (χ0) is 9.40. The molecule has 12 heavy (non-hydrogen) atoms. The van der Waals surface area contributed by atoms with Crippen LogP contribution in [0.2, 0.25) is 0 Å². The Bertz CT molecular complexity index is 116. The second kappa shape index (κ2) is 7.35. The molecule has 0 aliphatic carbocycles. The molecule has 0 spiro atoms. The first-order chi connectivity index (χ1) is 5.66. The van der Waals surface area contributed by atoms with Crippen molar-refractivity contribution in [3.63, 3.8) is 0 Å². The molecule has 1 nitrogen and oxygen atoms in total. The molecule has 1 unspecified atom stereocenters. The van der Waals surface area contributed by atoms with Crippen LogP contribution < -0.4 is 0 Å². The Morgan fingerprint density at radius 3 is 2.33 bits per heavy atom. The van der Waals surface area contributed by atoms with E-state index in [9.17, 15) is 0 Å². The van der Waals surface area contributed by atoms with E-state index in [0.717, 1.165) is 12.8 Å². The molecule has 0 fully saturated rings. The maximum absolute atomic E-state index is 8.66. The molecule has 0 radical (unpaired) electrons. The Balaban J connectivity index is 3.30. The highest BCUT2D eigenvalue weighted by molar-refractivity contribution is 4.84. The van der Waals surface area contributed by atoms with Gasteiger partial charge in [0, 0.05) is 6.61 Å². The standard InChI is InChI=1S/C11H22O/c1-10(2)6-4-5-7-11(3)8-9-12/h4,6,10-12H,5,7-9H2,1-3H3. The fraction of sp³-hybridized carbons (Fsp3) is 0.818. The minimum Gasteiger partial charge on any atom is -0.396 e. The van der Waals surface area contributed by atoms with Gasteiger partial charge in [0.15, 0.2) is 0 Å². The highest BCUT2D eigenvalue weighted by Gasteiger charge is 1.98. The summed E-state index contributed by atoms with van der Waals surface area (Å²) in [6.45, 7) is 6.90. The first-order valence-corrected chi connectivity index (χ1v) is 4.94. The van der Waals surface area contributed by atoms with E-state index in [1.807, 2.05) is 0 Å². The number of aliphatic hydroxyl groups is 1. The summed E-state index contributed by atoms with van der Waals surface area (Å²) in [4.78, 5) is 0. The molecule has 0 rings (SSSR count). The molecule has 1 heteroatoms. The zero-order valence-corrected chi connectivity index (χ0v) is 8.59. The lowest BCUT2D eigenvalue weighted by Gasteiger charge is -2.06. The Morgan fingerprint density at radius 2 is 1.83 bits per heavy atom. The quantitative estimate of drug-likeness (QED) is 0.608. The summed E-state index contributed by atoms with van der Waals surface area (Å²) in [5.74, 6) is 1.32. The first kappa shape index (κ1) is 11.7. The predicted molar refractivity (Wildman–Crippen MR) is 54.1 cm³/mol. The van der Waals surface area contributed by atoms with Gasteiger partial charge in [-0.25, -0.2) is 0 Å². The number of rotatable bonds is 6. The van der Waals surface area contributed by atoms with Crippen LogP contribution in [-0.2, 0) is 0 Å². The lowest BCUT2D eigenvalue weighted by Crippen LogP contribution is -1.96. The van der Waals surface area contributed by atoms with Crippen molar-refractivity contribution in [3.05, 3.63) is 12.2 Å². The Kier molecular flexibility index (Phi) is 7.17. The average molecular weight is 170 g/mol. The van der Waals surface area contributed by atoms with Gasteiger partial charge >= 0.3 is 0 Å². The number of hydrogen-bond donors (Lipinski definition) is 1. The summed E-state index contributed by atoms with van der Waals surface area (Å²) < 4.78 is 0. The van der Waals surface area contributed by atoms with E-state index in [0.29, 0.717) is 18.4 Å². The van der Waals surface area contributed by atoms with Crippen LogP contribution in [0.1, 0.15) is 40.0 Å². The molecule has 0 saturated heterocycles. The van der Waals surface area contributed by atoms with Crippen molar-refractivity contribution in [1.29, 1.82) is 0 Å². The van der Waals surface area contributed by atoms with Gasteiger partial charge in [-0.15, -0.1) is 0 Å². The molecule has 0 aromatic heterocycles. The van der Waals surface area contributed by atoms with E-state index >= 15 is 0 Å². The average Bonchev–Trinajstić information content (AvgIpc) is 1.98. The molecule has 0 saturated carbocycles. The van der Waals surface area contributed by atoms with Crippen LogP contribution in [0.3, 0.4) is 0 Å². The van der Waals surface area contributed by atoms with Crippen molar-refractivity contribution < 1.29 is 5.11 Å². The highest BCUT2D eigenvalue weighted by Crippen LogP contribution is 2.10. The molecule has 0 aliphatic heterocycles. The SMILES string of the molecule is CC(C)C=CCCC(C)CCO. The summed E-state index contributed by atoms with van der Waals surface area (Å²) in [7, 11) is 0. The van der Waals surface area contributed by atoms with E-state index < -0.39 is 0 Å². The van der Waals surface area contributed by atoms with Crippen molar-refractivity contribution in [2.45, 2.75) is 40.0 Å². The molecular formula is C11H22O. The van der Waals surface area contributed by atoms with Gasteiger partial charge in [-0.3, -0.25) is 0 Å². The Labute approximate surface area is 76.5 Å². The summed E-state index contributed by atoms with van der Waals surface area (Å²) >= 11 is 0. The summed E-state index contributed by atoms with van der Waals surface area (Å²) in [5.41, 5.74) is 0. The van der Waals surface area contributed by atoms with Gasteiger partial charge in [-0.05, 0) is 31.1 Å². The zero-order valence-electron chi connectivity index (χ0n) is 8.59. The topological polar surface area (TPSA) is 20.2 Å². The Morgan fingerprint density at radius 1 is 1.17 bits per heavy atom. The second-order valence-corrected chi connectivity index (χ2v) is 3.87. The number of hydrogen-bond acceptors (Lipinski definition) is 1. The molecule has 0 aliphatic rings. The monoisotopic (exact) mass is 170 g/mol. The van der Waals surface area contributed by atoms with Crippen molar-refractivity contribution >= 4 is 0 Å². The minimum absolute atomic E-state index is 0.328. The van der Waals surface area contributed by atoms with E-state index in [4.69, 9.17) is 5.11 Å². The van der Waals surface area contributed by atoms with Gasteiger partial charge in [-0.1, -0.05) is 32.9 Å². The summed E-state index contributed by atoms with van der Waals surface area (Å²) in [6, 6.07) is 0. The van der Waals surface area contributed by atoms with Gasteiger partial charge < -0.3 is 5.11 Å². The van der Waals surface area contributed by atoms with Crippen LogP contribution in [0.25, 0.3) is 0 Å². The predicted octanol–water partition coefficient (Wildman–Crippen LogP) is 3.00. The molecule has 1 N–H and O–H groups in total. The van der Waals surface area contributed by atoms with Gasteiger partial charge in [0.2, 0.25) is 0 Å². The first-order valence-electron chi connectivity index (χ1n) is 4.94. The lowest BCUT2D eigenvalue weighted by atomic mass is 10.0. The number of aliphatic hydroxyl groups excluding tert-OH is 1. The third kappa shape index (κ3) is 7.80. The molecule has 0 heterocycles. The maximum atomic E-state index is 8.66. The minimum atomic E-state index is 0.328. The second-order valence-electron chi connectivity index (χ2n) is 3.87.